The molecule has 5 aromatic rings. The molecule has 1 amide bonds. The van der Waals surface area contributed by atoms with Gasteiger partial charge in [0.05, 0.1) is 16.8 Å². The summed E-state index contributed by atoms with van der Waals surface area (Å²) in [5.74, 6) is -1.96. The van der Waals surface area contributed by atoms with E-state index in [-0.39, 0.29) is 11.5 Å². The van der Waals surface area contributed by atoms with Gasteiger partial charge in [0.2, 0.25) is 17.8 Å². The summed E-state index contributed by atoms with van der Waals surface area (Å²) in [4.78, 5) is 30.6. The van der Waals surface area contributed by atoms with E-state index in [1.165, 1.54) is 30.3 Å². The first-order valence-electron chi connectivity index (χ1n) is 12.2. The third-order valence-electron chi connectivity index (χ3n) is 6.36. The van der Waals surface area contributed by atoms with Crippen molar-refractivity contribution in [2.24, 2.45) is 0 Å². The molecule has 40 heavy (non-hydrogen) atoms. The number of halogens is 1. The number of rotatable bonds is 9. The molecule has 0 aliphatic heterocycles. The first kappa shape index (κ1) is 26.5. The molecule has 0 saturated heterocycles. The van der Waals surface area contributed by atoms with Gasteiger partial charge in [0, 0.05) is 27.1 Å². The van der Waals surface area contributed by atoms with Crippen molar-refractivity contribution in [3.63, 3.8) is 0 Å². The standard InChI is InChI=1S/C29H23ClN6O4/c1-40-36-17-21(24-16-22(30)10-14-26(24)35-18-31-33-34-35)9-13-27(36)25(15-19-5-3-2-4-6-19)28(37)32-23-11-7-20(8-12-23)29(38)39/h2-14,16-18,25H,15H2,1H3,(H-,32,37,38,39)/p+1/t25-/m1/s1. The van der Waals surface area contributed by atoms with Gasteiger partial charge >= 0.3 is 5.97 Å². The number of tetrazole rings is 1. The van der Waals surface area contributed by atoms with Gasteiger partial charge in [-0.2, -0.15) is 4.68 Å². The van der Waals surface area contributed by atoms with E-state index in [9.17, 15) is 14.7 Å². The number of carboxylic acid groups (broad SMARTS) is 1. The van der Waals surface area contributed by atoms with Gasteiger partial charge in [-0.3, -0.25) is 9.63 Å². The summed E-state index contributed by atoms with van der Waals surface area (Å²) in [6.07, 6.45) is 3.67. The minimum Gasteiger partial charge on any atom is -0.478 e. The maximum Gasteiger partial charge on any atom is 0.335 e. The van der Waals surface area contributed by atoms with Crippen molar-refractivity contribution in [1.82, 2.24) is 20.2 Å². The topological polar surface area (TPSA) is 123 Å². The highest BCUT2D eigenvalue weighted by molar-refractivity contribution is 6.31. The lowest BCUT2D eigenvalue weighted by Gasteiger charge is -2.16. The first-order valence-corrected chi connectivity index (χ1v) is 12.6. The molecule has 0 aliphatic carbocycles. The minimum atomic E-state index is -1.04. The molecular formula is C29H24ClN6O4+. The number of nitrogens with one attached hydrogen (secondary N) is 1. The SMILES string of the molecule is CO[n+]1cc(-c2cc(Cl)ccc2-n2cnnn2)ccc1[C@@H](Cc1ccccc1)C(=O)Nc1ccc(C(=O)O)cc1. The average molecular weight is 556 g/mol. The van der Waals surface area contributed by atoms with E-state index in [1.54, 1.807) is 29.1 Å². The fraction of sp³-hybridized carbons (Fsp3) is 0.103. The van der Waals surface area contributed by atoms with Crippen molar-refractivity contribution in [3.8, 4) is 16.8 Å². The van der Waals surface area contributed by atoms with Gasteiger partial charge in [-0.1, -0.05) is 41.9 Å². The van der Waals surface area contributed by atoms with Gasteiger partial charge in [0.15, 0.2) is 0 Å². The Morgan fingerprint density at radius 1 is 1.05 bits per heavy atom. The second-order valence-corrected chi connectivity index (χ2v) is 9.32. The smallest absolute Gasteiger partial charge is 0.335 e. The van der Waals surface area contributed by atoms with Gasteiger partial charge in [0.1, 0.15) is 19.4 Å². The number of pyridine rings is 1. The number of hydrogen-bond acceptors (Lipinski definition) is 6. The third kappa shape index (κ3) is 5.82. The predicted molar refractivity (Wildman–Crippen MR) is 147 cm³/mol. The Balaban J connectivity index is 1.53. The molecule has 10 nitrogen and oxygen atoms in total. The van der Waals surface area contributed by atoms with Crippen LogP contribution in [0.3, 0.4) is 0 Å². The normalized spacial score (nSPS) is 11.6. The van der Waals surface area contributed by atoms with Crippen LogP contribution in [0.25, 0.3) is 16.8 Å². The molecule has 0 aliphatic rings. The summed E-state index contributed by atoms with van der Waals surface area (Å²) >= 11 is 6.33. The van der Waals surface area contributed by atoms with Crippen molar-refractivity contribution in [3.05, 3.63) is 119 Å². The average Bonchev–Trinajstić information content (AvgIpc) is 3.51. The number of carbonyl (C=O) groups is 2. The molecule has 2 N–H and O–H groups in total. The molecule has 0 unspecified atom stereocenters. The zero-order valence-corrected chi connectivity index (χ0v) is 22.1. The second kappa shape index (κ2) is 11.7. The first-order chi connectivity index (χ1) is 19.4. The van der Waals surface area contributed by atoms with E-state index in [0.29, 0.717) is 28.5 Å². The summed E-state index contributed by atoms with van der Waals surface area (Å²) in [7, 11) is 1.52. The highest BCUT2D eigenvalue weighted by atomic mass is 35.5. The number of aromatic nitrogens is 5. The Bertz CT molecular complexity index is 1640. The molecule has 0 bridgehead atoms. The summed E-state index contributed by atoms with van der Waals surface area (Å²) < 4.78 is 3.10. The molecule has 200 valence electrons. The van der Waals surface area contributed by atoms with Gasteiger partial charge < -0.3 is 10.4 Å². The number of benzene rings is 3. The van der Waals surface area contributed by atoms with Crippen LogP contribution in [-0.2, 0) is 11.2 Å². The molecule has 0 fully saturated rings. The molecule has 3 aromatic carbocycles. The molecule has 2 aromatic heterocycles. The number of carbonyl (C=O) groups excluding carboxylic acids is 1. The Morgan fingerprint density at radius 2 is 1.82 bits per heavy atom. The van der Waals surface area contributed by atoms with Crippen LogP contribution in [0.1, 0.15) is 27.5 Å². The summed E-state index contributed by atoms with van der Waals surface area (Å²) in [6.45, 7) is 0. The Labute approximate surface area is 234 Å². The van der Waals surface area contributed by atoms with Gasteiger partial charge in [-0.15, -0.1) is 5.10 Å². The monoisotopic (exact) mass is 555 g/mol. The summed E-state index contributed by atoms with van der Waals surface area (Å²) in [5.41, 5.74) is 4.44. The fourth-order valence-corrected chi connectivity index (χ4v) is 4.57. The van der Waals surface area contributed by atoms with Crippen LogP contribution >= 0.6 is 11.6 Å². The molecule has 5 rings (SSSR count). The molecular weight excluding hydrogens is 532 g/mol. The van der Waals surface area contributed by atoms with Crippen LogP contribution in [0, 0.1) is 0 Å². The quantitative estimate of drug-likeness (QED) is 0.264. The van der Waals surface area contributed by atoms with Crippen molar-refractivity contribution in [2.45, 2.75) is 12.3 Å². The third-order valence-corrected chi connectivity index (χ3v) is 6.60. The largest absolute Gasteiger partial charge is 0.478 e. The lowest BCUT2D eigenvalue weighted by atomic mass is 9.93. The zero-order valence-electron chi connectivity index (χ0n) is 21.3. The number of hydrogen-bond donors (Lipinski definition) is 2. The predicted octanol–water partition coefficient (Wildman–Crippen LogP) is 3.99. The second-order valence-electron chi connectivity index (χ2n) is 8.88. The molecule has 2 heterocycles. The summed E-state index contributed by atoms with van der Waals surface area (Å²) in [6, 6.07) is 24.8. The van der Waals surface area contributed by atoms with Crippen LogP contribution in [0.15, 0.2) is 97.5 Å². The summed E-state index contributed by atoms with van der Waals surface area (Å²) in [5, 5.41) is 24.1. The van der Waals surface area contributed by atoms with E-state index in [4.69, 9.17) is 16.4 Å². The van der Waals surface area contributed by atoms with Gasteiger partial charge in [-0.25, -0.2) is 4.79 Å². The lowest BCUT2D eigenvalue weighted by molar-refractivity contribution is -0.890. The van der Waals surface area contributed by atoms with E-state index in [0.717, 1.165) is 16.7 Å². The number of amides is 1. The minimum absolute atomic E-state index is 0.133. The number of nitrogens with zero attached hydrogens (tertiary/aromatic N) is 5. The van der Waals surface area contributed by atoms with Crippen molar-refractivity contribution in [2.75, 3.05) is 12.4 Å². The van der Waals surface area contributed by atoms with E-state index in [1.807, 2.05) is 54.6 Å². The van der Waals surface area contributed by atoms with E-state index in [2.05, 4.69) is 20.8 Å². The highest BCUT2D eigenvalue weighted by Crippen LogP contribution is 2.30. The Morgan fingerprint density at radius 3 is 2.50 bits per heavy atom. The number of aromatic carboxylic acids is 1. The van der Waals surface area contributed by atoms with E-state index < -0.39 is 11.9 Å². The van der Waals surface area contributed by atoms with Crippen LogP contribution in [-0.4, -0.2) is 44.3 Å². The molecule has 0 saturated carbocycles. The fourth-order valence-electron chi connectivity index (χ4n) is 4.40. The van der Waals surface area contributed by atoms with Crippen LogP contribution in [0.2, 0.25) is 5.02 Å². The molecule has 0 radical (unpaired) electrons. The highest BCUT2D eigenvalue weighted by Gasteiger charge is 2.32. The Kier molecular flexibility index (Phi) is 7.79. The van der Waals surface area contributed by atoms with Crippen LogP contribution in [0.4, 0.5) is 5.69 Å². The molecule has 11 heteroatoms. The van der Waals surface area contributed by atoms with Crippen molar-refractivity contribution in [1.29, 1.82) is 0 Å². The van der Waals surface area contributed by atoms with Crippen molar-refractivity contribution < 1.29 is 24.3 Å². The Hall–Kier alpha value is -5.09. The van der Waals surface area contributed by atoms with Gasteiger partial charge in [0.25, 0.3) is 0 Å². The molecule has 0 spiro atoms. The zero-order chi connectivity index (χ0) is 28.1. The van der Waals surface area contributed by atoms with Crippen molar-refractivity contribution >= 4 is 29.2 Å². The maximum atomic E-state index is 13.7. The van der Waals surface area contributed by atoms with Crippen LogP contribution < -0.4 is 14.9 Å². The number of anilines is 1. The number of carboxylic acids is 1. The van der Waals surface area contributed by atoms with Crippen LogP contribution in [0.5, 0.6) is 0 Å². The molecule has 1 atom stereocenters. The maximum absolute atomic E-state index is 13.7. The van der Waals surface area contributed by atoms with Gasteiger partial charge in [-0.05, 0) is 70.9 Å². The van der Waals surface area contributed by atoms with E-state index >= 15 is 0 Å². The lowest BCUT2D eigenvalue weighted by Crippen LogP contribution is -2.47.